The van der Waals surface area contributed by atoms with E-state index >= 15 is 0 Å². The number of unbranched alkanes of at least 4 members (excludes halogenated alkanes) is 1. The van der Waals surface area contributed by atoms with Crippen LogP contribution in [0.25, 0.3) is 0 Å². The van der Waals surface area contributed by atoms with E-state index in [9.17, 15) is 49.2 Å². The highest BCUT2D eigenvalue weighted by Crippen LogP contribution is 2.37. The summed E-state index contributed by atoms with van der Waals surface area (Å²) in [5.41, 5.74) is -5.14. The number of carbonyl (C=O) groups is 4. The minimum Gasteiger partial charge on any atom is -0.384 e. The number of piperidine rings is 1. The molecule has 15 nitrogen and oxygen atoms in total. The van der Waals surface area contributed by atoms with Gasteiger partial charge in [0.05, 0.1) is 21.7 Å². The van der Waals surface area contributed by atoms with E-state index in [0.29, 0.717) is 37.0 Å². The highest BCUT2D eigenvalue weighted by molar-refractivity contribution is 7.99. The van der Waals surface area contributed by atoms with Gasteiger partial charge < -0.3 is 20.4 Å². The fraction of sp³-hybridized carbons (Fsp3) is 0.421. The van der Waals surface area contributed by atoms with E-state index in [1.165, 1.54) is 11.8 Å². The first kappa shape index (κ1) is 44.0. The maximum Gasteiger partial charge on any atom is 0.501 e. The average molecular weight is 880 g/mol. The summed E-state index contributed by atoms with van der Waals surface area (Å²) in [7, 11) is -10.4. The van der Waals surface area contributed by atoms with Gasteiger partial charge in [-0.05, 0) is 74.7 Å². The highest BCUT2D eigenvalue weighted by Gasteiger charge is 2.49. The largest absolute Gasteiger partial charge is 0.501 e. The van der Waals surface area contributed by atoms with Crippen molar-refractivity contribution in [3.63, 3.8) is 0 Å². The van der Waals surface area contributed by atoms with E-state index < -0.39 is 70.9 Å². The molecule has 2 atom stereocenters. The molecule has 0 spiro atoms. The molecule has 0 radical (unpaired) electrons. The van der Waals surface area contributed by atoms with Crippen molar-refractivity contribution in [3.8, 4) is 0 Å². The monoisotopic (exact) mass is 879 g/mol. The summed E-state index contributed by atoms with van der Waals surface area (Å²) in [5, 5.41) is 13.6. The van der Waals surface area contributed by atoms with E-state index in [1.54, 1.807) is 18.2 Å². The lowest BCUT2D eigenvalue weighted by atomic mass is 10.0. The first-order valence-corrected chi connectivity index (χ1v) is 22.9. The van der Waals surface area contributed by atoms with E-state index in [2.05, 4.69) is 25.8 Å². The lowest BCUT2D eigenvalue weighted by Crippen LogP contribution is -2.54. The van der Waals surface area contributed by atoms with Gasteiger partial charge in [0, 0.05) is 68.1 Å². The van der Waals surface area contributed by atoms with Crippen LogP contribution in [0.4, 0.5) is 24.5 Å². The van der Waals surface area contributed by atoms with Crippen LogP contribution in [0.15, 0.2) is 81.4 Å². The third-order valence-electron chi connectivity index (χ3n) is 10.4. The number of nitrogens with zero attached hydrogens (tertiary/aromatic N) is 3. The van der Waals surface area contributed by atoms with Crippen molar-refractivity contribution in [3.05, 3.63) is 77.9 Å². The standard InChI is InChI=1S/C38H44F3N7O8S3/c39-38(40,41)58(53,54)32-23-27(59(42,55)56)11-12-29(32)44-25(24-57-26-7-2-1-3-8-26)15-18-47-21-19-46(20-22-47)17-5-4-16-43-30-10-6-9-28-34(30)37(52)48(36(28)51)31-13-14-33(49)45-35(31)50/h1-3,6-12,23,25,31,43-44H,4-5,13-22,24H2,(H2,42,55,56)(H,45,49,50)/t25-,31?/m1/s1. The molecule has 0 aliphatic carbocycles. The number of sulfonamides is 1. The molecule has 3 heterocycles. The van der Waals surface area contributed by atoms with Gasteiger partial charge in [-0.1, -0.05) is 24.3 Å². The van der Waals surface area contributed by atoms with Crippen molar-refractivity contribution in [2.24, 2.45) is 5.14 Å². The number of anilines is 2. The zero-order chi connectivity index (χ0) is 42.5. The van der Waals surface area contributed by atoms with E-state index in [4.69, 9.17) is 5.14 Å². The minimum atomic E-state index is -5.94. The molecule has 0 aromatic heterocycles. The number of piperazine rings is 1. The number of thioether (sulfide) groups is 1. The van der Waals surface area contributed by atoms with Crippen LogP contribution in [0.1, 0.15) is 52.8 Å². The van der Waals surface area contributed by atoms with Gasteiger partial charge in [-0.15, -0.1) is 11.8 Å². The predicted molar refractivity (Wildman–Crippen MR) is 214 cm³/mol. The lowest BCUT2D eigenvalue weighted by molar-refractivity contribution is -0.136. The molecule has 0 saturated carbocycles. The molecule has 21 heteroatoms. The molecule has 3 aliphatic heterocycles. The van der Waals surface area contributed by atoms with Gasteiger partial charge in [0.1, 0.15) is 10.9 Å². The highest BCUT2D eigenvalue weighted by atomic mass is 32.2. The van der Waals surface area contributed by atoms with Crippen LogP contribution in [-0.4, -0.2) is 124 Å². The van der Waals surface area contributed by atoms with Gasteiger partial charge in [0.25, 0.3) is 21.7 Å². The number of nitrogens with one attached hydrogen (secondary N) is 3. The summed E-state index contributed by atoms with van der Waals surface area (Å²) < 4.78 is 90.3. The molecule has 1 unspecified atom stereocenters. The van der Waals surface area contributed by atoms with Crippen molar-refractivity contribution in [2.45, 2.75) is 64.4 Å². The number of sulfone groups is 1. The SMILES string of the molecule is NS(=O)(=O)c1ccc(N[C@H](CCN2CCN(CCCCNc3cccc4c3C(=O)N(C3CCC(=O)NC3=O)C4=O)CC2)CSc2ccccc2)c(S(=O)(=O)C(F)(F)F)c1. The Balaban J connectivity index is 1.00. The first-order valence-electron chi connectivity index (χ1n) is 18.9. The number of carbonyl (C=O) groups excluding carboxylic acids is 4. The number of benzene rings is 3. The van der Waals surface area contributed by atoms with Gasteiger partial charge in [0.2, 0.25) is 21.8 Å². The summed E-state index contributed by atoms with van der Waals surface area (Å²) in [6.45, 7) is 4.89. The fourth-order valence-corrected chi connectivity index (χ4v) is 9.75. The van der Waals surface area contributed by atoms with Crippen molar-refractivity contribution in [1.82, 2.24) is 20.0 Å². The first-order chi connectivity index (χ1) is 27.9. The van der Waals surface area contributed by atoms with Crippen LogP contribution in [0.2, 0.25) is 0 Å². The minimum absolute atomic E-state index is 0.0358. The summed E-state index contributed by atoms with van der Waals surface area (Å²) in [4.78, 5) is 54.9. The smallest absolute Gasteiger partial charge is 0.384 e. The number of alkyl halides is 3. The number of hydrogen-bond acceptors (Lipinski definition) is 13. The Morgan fingerprint density at radius 1 is 0.847 bits per heavy atom. The maximum atomic E-state index is 13.7. The molecule has 0 bridgehead atoms. The third-order valence-corrected chi connectivity index (χ3v) is 14.0. The van der Waals surface area contributed by atoms with Crippen LogP contribution < -0.4 is 21.1 Å². The predicted octanol–water partition coefficient (Wildman–Crippen LogP) is 3.50. The average Bonchev–Trinajstić information content (AvgIpc) is 3.44. The molecule has 5 N–H and O–H groups in total. The molecular weight excluding hydrogens is 836 g/mol. The van der Waals surface area contributed by atoms with Crippen LogP contribution in [0, 0.1) is 0 Å². The van der Waals surface area contributed by atoms with Gasteiger partial charge in [-0.2, -0.15) is 13.2 Å². The molecule has 3 aliphatic rings. The molecule has 3 aromatic carbocycles. The van der Waals surface area contributed by atoms with Gasteiger partial charge >= 0.3 is 5.51 Å². The van der Waals surface area contributed by atoms with Gasteiger partial charge in [-0.25, -0.2) is 22.0 Å². The summed E-state index contributed by atoms with van der Waals surface area (Å²) >= 11 is 1.44. The number of imide groups is 2. The number of halogens is 3. The van der Waals surface area contributed by atoms with E-state index in [0.717, 1.165) is 67.5 Å². The fourth-order valence-electron chi connectivity index (χ4n) is 7.20. The number of primary sulfonamides is 1. The molecule has 4 amide bonds. The quantitative estimate of drug-likeness (QED) is 0.0872. The Hall–Kier alpha value is -4.54. The molecule has 6 rings (SSSR count). The van der Waals surface area contributed by atoms with Crippen molar-refractivity contribution < 1.29 is 49.2 Å². The number of hydrogen-bond donors (Lipinski definition) is 4. The van der Waals surface area contributed by atoms with Crippen LogP contribution in [0.3, 0.4) is 0 Å². The Bertz CT molecular complexity index is 2290. The Labute approximate surface area is 344 Å². The Morgan fingerprint density at radius 2 is 1.54 bits per heavy atom. The topological polar surface area (TPSA) is 208 Å². The lowest BCUT2D eigenvalue weighted by Gasteiger charge is -2.35. The number of nitrogens with two attached hydrogens (primary N) is 1. The summed E-state index contributed by atoms with van der Waals surface area (Å²) in [5.74, 6) is -1.88. The van der Waals surface area contributed by atoms with Gasteiger partial charge in [-0.3, -0.25) is 29.4 Å². The zero-order valence-corrected chi connectivity index (χ0v) is 34.2. The zero-order valence-electron chi connectivity index (χ0n) is 31.7. The number of fused-ring (bicyclic) bond motifs is 1. The molecular formula is C38H44F3N7O8S3. The third kappa shape index (κ3) is 10.4. The van der Waals surface area contributed by atoms with Crippen molar-refractivity contribution in [2.75, 3.05) is 62.2 Å². The van der Waals surface area contributed by atoms with E-state index in [1.807, 2.05) is 30.3 Å². The number of rotatable bonds is 17. The second-order valence-electron chi connectivity index (χ2n) is 14.4. The molecule has 2 saturated heterocycles. The number of amides is 4. The van der Waals surface area contributed by atoms with Gasteiger partial charge in [0.15, 0.2) is 0 Å². The molecule has 318 valence electrons. The normalized spacial score (nSPS) is 18.8. The molecule has 59 heavy (non-hydrogen) atoms. The second-order valence-corrected chi connectivity index (χ2v) is 19.0. The maximum absolute atomic E-state index is 13.7. The molecule has 2 fully saturated rings. The van der Waals surface area contributed by atoms with Crippen molar-refractivity contribution >= 4 is 66.6 Å². The Morgan fingerprint density at radius 3 is 2.20 bits per heavy atom. The van der Waals surface area contributed by atoms with Crippen LogP contribution in [-0.2, 0) is 29.4 Å². The summed E-state index contributed by atoms with van der Waals surface area (Å²) in [6.07, 6.45) is 2.15. The summed E-state index contributed by atoms with van der Waals surface area (Å²) in [6, 6.07) is 15.1. The Kier molecular flexibility index (Phi) is 13.7. The van der Waals surface area contributed by atoms with Crippen molar-refractivity contribution in [1.29, 1.82) is 0 Å². The molecule has 3 aromatic rings. The van der Waals surface area contributed by atoms with Crippen LogP contribution >= 0.6 is 11.8 Å². The second kappa shape index (κ2) is 18.4. The van der Waals surface area contributed by atoms with Crippen LogP contribution in [0.5, 0.6) is 0 Å². The van der Waals surface area contributed by atoms with E-state index in [-0.39, 0.29) is 29.7 Å².